The van der Waals surface area contributed by atoms with Crippen LogP contribution in [0.4, 0.5) is 0 Å². The summed E-state index contributed by atoms with van der Waals surface area (Å²) in [5.41, 5.74) is 0. The van der Waals surface area contributed by atoms with Crippen molar-refractivity contribution in [2.24, 2.45) is 5.92 Å². The quantitative estimate of drug-likeness (QED) is 0.507. The van der Waals surface area contributed by atoms with E-state index >= 15 is 0 Å². The third-order valence-corrected chi connectivity index (χ3v) is 4.22. The van der Waals surface area contributed by atoms with Crippen LogP contribution in [0.25, 0.3) is 0 Å². The number of hydrogen-bond acceptors (Lipinski definition) is 6. The predicted molar refractivity (Wildman–Crippen MR) is 78.3 cm³/mol. The maximum Gasteiger partial charge on any atom is 0.273 e. The molecule has 0 saturated heterocycles. The molecule has 21 heavy (non-hydrogen) atoms. The molecule has 1 aromatic heterocycles. The third kappa shape index (κ3) is 6.58. The second-order valence-corrected chi connectivity index (χ2v) is 6.56. The van der Waals surface area contributed by atoms with E-state index in [1.54, 1.807) is 13.2 Å². The van der Waals surface area contributed by atoms with Crippen molar-refractivity contribution in [1.29, 1.82) is 0 Å². The number of hydrogen-bond donors (Lipinski definition) is 3. The van der Waals surface area contributed by atoms with Crippen LogP contribution in [0.5, 0.6) is 0 Å². The highest BCUT2D eigenvalue weighted by Crippen LogP contribution is 2.14. The first-order valence-corrected chi connectivity index (χ1v) is 8.36. The molecule has 1 unspecified atom stereocenters. The maximum absolute atomic E-state index is 12.0. The molecule has 0 aliphatic heterocycles. The van der Waals surface area contributed by atoms with Gasteiger partial charge < -0.3 is 19.6 Å². The van der Waals surface area contributed by atoms with Crippen molar-refractivity contribution in [2.75, 3.05) is 33.4 Å². The van der Waals surface area contributed by atoms with Gasteiger partial charge >= 0.3 is 0 Å². The highest BCUT2D eigenvalue weighted by Gasteiger charge is 2.19. The van der Waals surface area contributed by atoms with Crippen molar-refractivity contribution in [2.45, 2.75) is 25.0 Å². The summed E-state index contributed by atoms with van der Waals surface area (Å²) in [7, 11) is -2.03. The Hall–Kier alpha value is -0.930. The minimum Gasteiger partial charge on any atom is -0.447 e. The van der Waals surface area contributed by atoms with Crippen LogP contribution < -0.4 is 10.0 Å². The van der Waals surface area contributed by atoms with E-state index in [9.17, 15) is 8.42 Å². The van der Waals surface area contributed by atoms with E-state index in [-0.39, 0.29) is 24.2 Å². The molecule has 7 nitrogen and oxygen atoms in total. The summed E-state index contributed by atoms with van der Waals surface area (Å²) in [5.74, 6) is 0.616. The van der Waals surface area contributed by atoms with Crippen LogP contribution in [-0.4, -0.2) is 46.9 Å². The van der Waals surface area contributed by atoms with Crippen LogP contribution in [0.2, 0.25) is 0 Å². The van der Waals surface area contributed by atoms with Crippen molar-refractivity contribution in [1.82, 2.24) is 10.0 Å². The van der Waals surface area contributed by atoms with Crippen LogP contribution in [0.3, 0.4) is 0 Å². The Labute approximate surface area is 125 Å². The summed E-state index contributed by atoms with van der Waals surface area (Å²) in [4.78, 5) is 0. The molecule has 0 fully saturated rings. The number of aliphatic hydroxyl groups is 1. The Kier molecular flexibility index (Phi) is 7.91. The molecule has 0 saturated carbocycles. The predicted octanol–water partition coefficient (Wildman–Crippen LogP) is 0.312. The zero-order valence-corrected chi connectivity index (χ0v) is 13.3. The lowest BCUT2D eigenvalue weighted by molar-refractivity contribution is 0.198. The third-order valence-electron chi connectivity index (χ3n) is 2.93. The maximum atomic E-state index is 12.0. The van der Waals surface area contributed by atoms with Crippen molar-refractivity contribution in [3.05, 3.63) is 17.9 Å². The van der Waals surface area contributed by atoms with Gasteiger partial charge in [-0.1, -0.05) is 6.92 Å². The Morgan fingerprint density at radius 1 is 1.43 bits per heavy atom. The molecule has 1 rings (SSSR count). The average Bonchev–Trinajstić information content (AvgIpc) is 2.92. The standard InChI is InChI=1S/C13H24N2O5S/c1-11(5-7-16)9-15-21(17,18)13-4-3-12(20-13)10-14-6-8-19-2/h3-4,11,14-16H,5-10H2,1-2H3. The van der Waals surface area contributed by atoms with Crippen LogP contribution in [0, 0.1) is 5.92 Å². The second-order valence-electron chi connectivity index (χ2n) is 4.86. The van der Waals surface area contributed by atoms with E-state index in [1.807, 2.05) is 6.92 Å². The van der Waals surface area contributed by atoms with Gasteiger partial charge in [0.1, 0.15) is 5.76 Å². The number of rotatable bonds is 11. The molecular weight excluding hydrogens is 296 g/mol. The summed E-state index contributed by atoms with van der Waals surface area (Å²) in [6, 6.07) is 3.07. The number of nitrogens with one attached hydrogen (secondary N) is 2. The normalized spacial score (nSPS) is 13.5. The number of furan rings is 1. The van der Waals surface area contributed by atoms with Gasteiger partial charge in [-0.3, -0.25) is 0 Å². The fourth-order valence-electron chi connectivity index (χ4n) is 1.63. The Morgan fingerprint density at radius 3 is 2.86 bits per heavy atom. The lowest BCUT2D eigenvalue weighted by Gasteiger charge is -2.10. The molecule has 0 bridgehead atoms. The molecule has 0 radical (unpaired) electrons. The van der Waals surface area contributed by atoms with Crippen molar-refractivity contribution in [3.8, 4) is 0 Å². The van der Waals surface area contributed by atoms with Gasteiger partial charge in [-0.2, -0.15) is 0 Å². The summed E-state index contributed by atoms with van der Waals surface area (Å²) in [5, 5.41) is 11.8. The molecule has 0 aliphatic carbocycles. The van der Waals surface area contributed by atoms with Gasteiger partial charge in [0.2, 0.25) is 5.09 Å². The van der Waals surface area contributed by atoms with Gasteiger partial charge in [0.05, 0.1) is 13.2 Å². The highest BCUT2D eigenvalue weighted by atomic mass is 32.2. The number of methoxy groups -OCH3 is 1. The number of aliphatic hydroxyl groups excluding tert-OH is 1. The first-order chi connectivity index (χ1) is 9.99. The topological polar surface area (TPSA) is 101 Å². The van der Waals surface area contributed by atoms with Gasteiger partial charge in [0.15, 0.2) is 0 Å². The second kappa shape index (κ2) is 9.16. The summed E-state index contributed by atoms with van der Waals surface area (Å²) in [6.45, 7) is 3.87. The summed E-state index contributed by atoms with van der Waals surface area (Å²) >= 11 is 0. The highest BCUT2D eigenvalue weighted by molar-refractivity contribution is 7.89. The molecule has 0 spiro atoms. The van der Waals surface area contributed by atoms with Crippen LogP contribution in [-0.2, 0) is 21.3 Å². The molecule has 1 aromatic rings. The van der Waals surface area contributed by atoms with E-state index in [2.05, 4.69) is 10.0 Å². The Morgan fingerprint density at radius 2 is 2.19 bits per heavy atom. The van der Waals surface area contributed by atoms with Gasteiger partial charge in [0.25, 0.3) is 10.0 Å². The average molecular weight is 320 g/mol. The summed E-state index contributed by atoms with van der Waals surface area (Å²) in [6.07, 6.45) is 0.551. The first-order valence-electron chi connectivity index (χ1n) is 6.88. The molecule has 3 N–H and O–H groups in total. The van der Waals surface area contributed by atoms with Gasteiger partial charge in [-0.05, 0) is 24.5 Å². The van der Waals surface area contributed by atoms with E-state index in [4.69, 9.17) is 14.3 Å². The summed E-state index contributed by atoms with van der Waals surface area (Å²) < 4.78 is 36.7. The molecule has 122 valence electrons. The first kappa shape index (κ1) is 18.1. The number of ether oxygens (including phenoxy) is 1. The molecule has 0 aromatic carbocycles. The van der Waals surface area contributed by atoms with Crippen LogP contribution >= 0.6 is 0 Å². The largest absolute Gasteiger partial charge is 0.447 e. The number of sulfonamides is 1. The van der Waals surface area contributed by atoms with Crippen LogP contribution in [0.1, 0.15) is 19.1 Å². The molecule has 1 atom stereocenters. The van der Waals surface area contributed by atoms with E-state index in [0.717, 1.165) is 0 Å². The van der Waals surface area contributed by atoms with Crippen molar-refractivity contribution >= 4 is 10.0 Å². The Bertz CT molecular complexity index is 500. The lowest BCUT2D eigenvalue weighted by atomic mass is 10.1. The lowest BCUT2D eigenvalue weighted by Crippen LogP contribution is -2.28. The molecule has 8 heteroatoms. The minimum atomic E-state index is -3.64. The van der Waals surface area contributed by atoms with Gasteiger partial charge in [0, 0.05) is 26.8 Å². The SMILES string of the molecule is COCCNCc1ccc(S(=O)(=O)NCC(C)CCO)o1. The molecular formula is C13H24N2O5S. The van der Waals surface area contributed by atoms with Crippen LogP contribution in [0.15, 0.2) is 21.6 Å². The van der Waals surface area contributed by atoms with E-state index in [1.165, 1.54) is 6.07 Å². The molecule has 1 heterocycles. The minimum absolute atomic E-state index is 0.0426. The smallest absolute Gasteiger partial charge is 0.273 e. The van der Waals surface area contributed by atoms with E-state index in [0.29, 0.717) is 31.9 Å². The molecule has 0 aliphatic rings. The van der Waals surface area contributed by atoms with Crippen molar-refractivity contribution in [3.63, 3.8) is 0 Å². The monoisotopic (exact) mass is 320 g/mol. The Balaban J connectivity index is 2.49. The van der Waals surface area contributed by atoms with E-state index < -0.39 is 10.0 Å². The zero-order valence-electron chi connectivity index (χ0n) is 12.5. The van der Waals surface area contributed by atoms with Gasteiger partial charge in [-0.15, -0.1) is 0 Å². The van der Waals surface area contributed by atoms with Crippen molar-refractivity contribution < 1.29 is 22.7 Å². The molecule has 0 amide bonds. The fraction of sp³-hybridized carbons (Fsp3) is 0.692. The fourth-order valence-corrected chi connectivity index (χ4v) is 2.74. The zero-order chi connectivity index (χ0) is 15.7. The van der Waals surface area contributed by atoms with Gasteiger partial charge in [-0.25, -0.2) is 13.1 Å².